The molecule has 2 aromatic heterocycles. The number of aromatic nitrogens is 3. The number of nitriles is 1. The summed E-state index contributed by atoms with van der Waals surface area (Å²) in [5.41, 5.74) is -2.22. The Kier molecular flexibility index (Phi) is 7.33. The highest BCUT2D eigenvalue weighted by molar-refractivity contribution is 6.31. The lowest BCUT2D eigenvalue weighted by molar-refractivity contribution is -0.140. The predicted octanol–water partition coefficient (Wildman–Crippen LogP) is 5.88. The fourth-order valence-corrected chi connectivity index (χ4v) is 4.71. The number of carbonyl (C=O) groups excluding carboxylic acids is 1. The molecule has 1 fully saturated rings. The summed E-state index contributed by atoms with van der Waals surface area (Å²) in [6.45, 7) is 2.62. The Hall–Kier alpha value is -3.39. The smallest absolute Gasteiger partial charge is 0.382 e. The van der Waals surface area contributed by atoms with Crippen LogP contribution in [0.1, 0.15) is 61.3 Å². The van der Waals surface area contributed by atoms with Gasteiger partial charge in [0.25, 0.3) is 5.91 Å². The highest BCUT2D eigenvalue weighted by atomic mass is 35.5. The maximum absolute atomic E-state index is 14.0. The summed E-state index contributed by atoms with van der Waals surface area (Å²) in [5.74, 6) is -0.509. The van der Waals surface area contributed by atoms with Crippen LogP contribution in [-0.2, 0) is 12.7 Å². The molecule has 37 heavy (non-hydrogen) atoms. The Bertz CT molecular complexity index is 1360. The van der Waals surface area contributed by atoms with E-state index in [-0.39, 0.29) is 41.1 Å². The predicted molar refractivity (Wildman–Crippen MR) is 131 cm³/mol. The van der Waals surface area contributed by atoms with Gasteiger partial charge in [-0.3, -0.25) is 9.48 Å². The van der Waals surface area contributed by atoms with Crippen molar-refractivity contribution in [3.63, 3.8) is 0 Å². The number of rotatable bonds is 6. The van der Waals surface area contributed by atoms with Gasteiger partial charge in [0.2, 0.25) is 0 Å². The Morgan fingerprint density at radius 3 is 2.62 bits per heavy atom. The number of nitrogens with one attached hydrogen (secondary N) is 2. The maximum Gasteiger partial charge on any atom is 0.433 e. The average Bonchev–Trinajstić information content (AvgIpc) is 3.20. The number of amides is 1. The highest BCUT2D eigenvalue weighted by Crippen LogP contribution is 2.35. The zero-order valence-corrected chi connectivity index (χ0v) is 20.9. The van der Waals surface area contributed by atoms with Gasteiger partial charge in [0.1, 0.15) is 17.4 Å². The van der Waals surface area contributed by atoms with Crippen LogP contribution in [0.15, 0.2) is 30.5 Å². The summed E-state index contributed by atoms with van der Waals surface area (Å²) < 4.78 is 55.6. The topological polar surface area (TPSA) is 95.6 Å². The van der Waals surface area contributed by atoms with Crippen molar-refractivity contribution in [2.45, 2.75) is 70.0 Å². The molecule has 0 aliphatic heterocycles. The van der Waals surface area contributed by atoms with Gasteiger partial charge in [0.05, 0.1) is 17.6 Å². The van der Waals surface area contributed by atoms with Crippen LogP contribution in [0.5, 0.6) is 0 Å². The molecule has 2 atom stereocenters. The Labute approximate surface area is 215 Å². The van der Waals surface area contributed by atoms with Crippen molar-refractivity contribution < 1.29 is 22.4 Å². The molecule has 3 aromatic rings. The van der Waals surface area contributed by atoms with E-state index in [9.17, 15) is 27.6 Å². The summed E-state index contributed by atoms with van der Waals surface area (Å²) in [5, 5.41) is 20.3. The SMILES string of the molecule is CC(C)(F)Cn1cc(C(=O)N[C@@H]2CCC[C@H](Nc3cc(C(F)(F)F)nc4ccc(Cl)cc34)C2)c(C#N)n1. The van der Waals surface area contributed by atoms with Gasteiger partial charge in [0.15, 0.2) is 5.69 Å². The molecule has 1 aromatic carbocycles. The first kappa shape index (κ1) is 26.7. The quantitative estimate of drug-likeness (QED) is 0.384. The molecule has 1 saturated carbocycles. The minimum atomic E-state index is -4.62. The molecule has 7 nitrogen and oxygen atoms in total. The number of anilines is 1. The van der Waals surface area contributed by atoms with Gasteiger partial charge in [-0.25, -0.2) is 9.37 Å². The largest absolute Gasteiger partial charge is 0.433 e. The van der Waals surface area contributed by atoms with Gasteiger partial charge in [0, 0.05) is 34.4 Å². The zero-order valence-electron chi connectivity index (χ0n) is 20.2. The normalized spacial score (nSPS) is 18.4. The second-order valence-electron chi connectivity index (χ2n) is 9.81. The van der Waals surface area contributed by atoms with Crippen LogP contribution in [-0.4, -0.2) is 38.4 Å². The van der Waals surface area contributed by atoms with E-state index in [2.05, 4.69) is 20.7 Å². The molecule has 0 bridgehead atoms. The van der Waals surface area contributed by atoms with Crippen molar-refractivity contribution in [1.29, 1.82) is 5.26 Å². The van der Waals surface area contributed by atoms with Crippen LogP contribution < -0.4 is 10.6 Å². The molecule has 4 rings (SSSR count). The summed E-state index contributed by atoms with van der Waals surface area (Å²) in [4.78, 5) is 16.7. The van der Waals surface area contributed by atoms with Crippen LogP contribution in [0.4, 0.5) is 23.2 Å². The molecule has 0 spiro atoms. The van der Waals surface area contributed by atoms with Crippen molar-refractivity contribution in [2.75, 3.05) is 5.32 Å². The first-order chi connectivity index (χ1) is 17.3. The van der Waals surface area contributed by atoms with Crippen molar-refractivity contribution in [3.05, 3.63) is 52.4 Å². The first-order valence-corrected chi connectivity index (χ1v) is 12.1. The van der Waals surface area contributed by atoms with Crippen LogP contribution in [0.25, 0.3) is 10.9 Å². The van der Waals surface area contributed by atoms with Crippen molar-refractivity contribution >= 4 is 34.1 Å². The fraction of sp³-hybridized carbons (Fsp3) is 0.440. The van der Waals surface area contributed by atoms with Crippen molar-refractivity contribution in [1.82, 2.24) is 20.1 Å². The minimum absolute atomic E-state index is 0.0476. The summed E-state index contributed by atoms with van der Waals surface area (Å²) in [6.07, 6.45) is -0.754. The number of pyridine rings is 1. The number of hydrogen-bond acceptors (Lipinski definition) is 5. The maximum atomic E-state index is 14.0. The van der Waals surface area contributed by atoms with E-state index in [0.29, 0.717) is 29.7 Å². The Balaban J connectivity index is 1.51. The fourth-order valence-electron chi connectivity index (χ4n) is 4.53. The average molecular weight is 537 g/mol. The second kappa shape index (κ2) is 10.2. The molecule has 0 radical (unpaired) electrons. The van der Waals surface area contributed by atoms with Crippen molar-refractivity contribution in [3.8, 4) is 6.07 Å². The third-order valence-electron chi connectivity index (χ3n) is 6.08. The molecule has 1 aliphatic carbocycles. The van der Waals surface area contributed by atoms with Gasteiger partial charge in [-0.2, -0.15) is 23.5 Å². The number of carbonyl (C=O) groups is 1. The van der Waals surface area contributed by atoms with Crippen LogP contribution in [0.3, 0.4) is 0 Å². The number of halogens is 5. The van der Waals surface area contributed by atoms with E-state index in [0.717, 1.165) is 12.5 Å². The molecule has 2 heterocycles. The van der Waals surface area contributed by atoms with E-state index in [1.54, 1.807) is 6.07 Å². The highest BCUT2D eigenvalue weighted by Gasteiger charge is 2.34. The third kappa shape index (κ3) is 6.49. The van der Waals surface area contributed by atoms with Crippen molar-refractivity contribution in [2.24, 2.45) is 0 Å². The molecule has 196 valence electrons. The molecule has 2 N–H and O–H groups in total. The second-order valence-corrected chi connectivity index (χ2v) is 10.2. The lowest BCUT2D eigenvalue weighted by atomic mass is 9.90. The van der Waals surface area contributed by atoms with Gasteiger partial charge >= 0.3 is 6.18 Å². The number of benzene rings is 1. The monoisotopic (exact) mass is 536 g/mol. The number of nitrogens with zero attached hydrogens (tertiary/aromatic N) is 4. The molecule has 12 heteroatoms. The lowest BCUT2D eigenvalue weighted by Crippen LogP contribution is -2.42. The molecule has 1 amide bonds. The summed E-state index contributed by atoms with van der Waals surface area (Å²) >= 11 is 6.09. The number of alkyl halides is 4. The molecular formula is C25H25ClF4N6O. The zero-order chi connectivity index (χ0) is 27.0. The number of hydrogen-bond donors (Lipinski definition) is 2. The number of fused-ring (bicyclic) bond motifs is 1. The van der Waals surface area contributed by atoms with Crippen LogP contribution >= 0.6 is 11.6 Å². The van der Waals surface area contributed by atoms with Crippen LogP contribution in [0.2, 0.25) is 5.02 Å². The summed E-state index contributed by atoms with van der Waals surface area (Å²) in [6, 6.07) is 6.82. The third-order valence-corrected chi connectivity index (χ3v) is 6.32. The standard InChI is InChI=1S/C25H25ClF4N6O/c1-24(2,27)13-36-12-18(21(11-31)35-36)23(37)33-16-5-3-4-15(9-16)32-20-10-22(25(28,29)30)34-19-7-6-14(26)8-17(19)20/h6-8,10,12,15-16H,3-5,9,13H2,1-2H3,(H,32,34)(H,33,37)/t15-,16+/m0/s1. The van der Waals surface area contributed by atoms with Gasteiger partial charge in [-0.05, 0) is 63.8 Å². The molecular weight excluding hydrogens is 512 g/mol. The van der Waals surface area contributed by atoms with E-state index in [4.69, 9.17) is 11.6 Å². The lowest BCUT2D eigenvalue weighted by Gasteiger charge is -2.31. The van der Waals surface area contributed by atoms with E-state index < -0.39 is 23.4 Å². The van der Waals surface area contributed by atoms with E-state index in [1.165, 1.54) is 36.9 Å². The molecule has 0 unspecified atom stereocenters. The molecule has 0 saturated heterocycles. The van der Waals surface area contributed by atoms with E-state index in [1.807, 2.05) is 6.07 Å². The van der Waals surface area contributed by atoms with Gasteiger partial charge < -0.3 is 10.6 Å². The minimum Gasteiger partial charge on any atom is -0.382 e. The first-order valence-electron chi connectivity index (χ1n) is 11.7. The van der Waals surface area contributed by atoms with Gasteiger partial charge in [-0.15, -0.1) is 0 Å². The Morgan fingerprint density at radius 2 is 1.95 bits per heavy atom. The van der Waals surface area contributed by atoms with Gasteiger partial charge in [-0.1, -0.05) is 11.6 Å². The summed E-state index contributed by atoms with van der Waals surface area (Å²) in [7, 11) is 0. The molecule has 1 aliphatic rings. The van der Waals surface area contributed by atoms with Crippen LogP contribution in [0, 0.1) is 11.3 Å². The Morgan fingerprint density at radius 1 is 1.22 bits per heavy atom. The van der Waals surface area contributed by atoms with E-state index >= 15 is 0 Å².